The van der Waals surface area contributed by atoms with Crippen molar-refractivity contribution >= 4 is 32.6 Å². The van der Waals surface area contributed by atoms with Crippen molar-refractivity contribution in [2.75, 3.05) is 18.5 Å². The monoisotopic (exact) mass is 287 g/mol. The van der Waals surface area contributed by atoms with Crippen LogP contribution in [0.25, 0.3) is 10.2 Å². The van der Waals surface area contributed by atoms with Gasteiger partial charge in [0.2, 0.25) is 5.91 Å². The van der Waals surface area contributed by atoms with Gasteiger partial charge in [-0.2, -0.15) is 5.26 Å². The lowest BCUT2D eigenvalue weighted by molar-refractivity contribution is -0.126. The molecule has 1 aromatic heterocycles. The Kier molecular flexibility index (Phi) is 3.38. The van der Waals surface area contributed by atoms with Gasteiger partial charge in [-0.25, -0.2) is 4.98 Å². The van der Waals surface area contributed by atoms with Crippen LogP contribution in [0.4, 0.5) is 5.13 Å². The van der Waals surface area contributed by atoms with Crippen molar-refractivity contribution in [2.24, 2.45) is 5.41 Å². The number of hydrogen-bond acceptors (Lipinski definition) is 5. The van der Waals surface area contributed by atoms with Crippen molar-refractivity contribution in [1.29, 1.82) is 5.26 Å². The van der Waals surface area contributed by atoms with Gasteiger partial charge in [-0.15, -0.1) is 0 Å². The van der Waals surface area contributed by atoms with E-state index in [1.807, 2.05) is 24.3 Å². The van der Waals surface area contributed by atoms with E-state index in [9.17, 15) is 10.1 Å². The average Bonchev–Trinajstić information content (AvgIpc) is 2.90. The van der Waals surface area contributed by atoms with Crippen LogP contribution in [-0.2, 0) is 9.53 Å². The van der Waals surface area contributed by atoms with E-state index in [1.54, 1.807) is 0 Å². The molecular weight excluding hydrogens is 274 g/mol. The van der Waals surface area contributed by atoms with E-state index < -0.39 is 5.41 Å². The van der Waals surface area contributed by atoms with Gasteiger partial charge in [0.25, 0.3) is 0 Å². The molecule has 1 fully saturated rings. The van der Waals surface area contributed by atoms with Crippen LogP contribution in [0.15, 0.2) is 24.3 Å². The van der Waals surface area contributed by atoms with Crippen molar-refractivity contribution in [1.82, 2.24) is 4.98 Å². The zero-order chi connectivity index (χ0) is 14.0. The lowest BCUT2D eigenvalue weighted by Crippen LogP contribution is -2.39. The molecule has 1 aliphatic heterocycles. The van der Waals surface area contributed by atoms with E-state index >= 15 is 0 Å². The maximum Gasteiger partial charge on any atom is 0.246 e. The fourth-order valence-electron chi connectivity index (χ4n) is 2.25. The smallest absolute Gasteiger partial charge is 0.246 e. The third-order valence-corrected chi connectivity index (χ3v) is 4.46. The Bertz CT molecular complexity index is 650. The fourth-order valence-corrected chi connectivity index (χ4v) is 3.11. The number of fused-ring (bicyclic) bond motifs is 1. The van der Waals surface area contributed by atoms with Crippen LogP contribution in [-0.4, -0.2) is 24.1 Å². The summed E-state index contributed by atoms with van der Waals surface area (Å²) in [4.78, 5) is 16.7. The summed E-state index contributed by atoms with van der Waals surface area (Å²) in [6.45, 7) is 0.891. The molecule has 1 aromatic carbocycles. The Morgan fingerprint density at radius 2 is 2.15 bits per heavy atom. The van der Waals surface area contributed by atoms with Gasteiger partial charge < -0.3 is 10.1 Å². The summed E-state index contributed by atoms with van der Waals surface area (Å²) in [5.74, 6) is -0.276. The Balaban J connectivity index is 1.82. The normalized spacial score (nSPS) is 17.6. The molecule has 0 bridgehead atoms. The van der Waals surface area contributed by atoms with E-state index in [1.165, 1.54) is 11.3 Å². The number of benzene rings is 1. The van der Waals surface area contributed by atoms with E-state index in [-0.39, 0.29) is 5.91 Å². The van der Waals surface area contributed by atoms with Crippen LogP contribution in [0.1, 0.15) is 12.8 Å². The molecule has 102 valence electrons. The number of nitrogens with zero attached hydrogens (tertiary/aromatic N) is 2. The summed E-state index contributed by atoms with van der Waals surface area (Å²) in [5.41, 5.74) is -0.137. The minimum absolute atomic E-state index is 0.276. The number of nitriles is 1. The van der Waals surface area contributed by atoms with Gasteiger partial charge in [-0.1, -0.05) is 23.5 Å². The zero-order valence-corrected chi connectivity index (χ0v) is 11.6. The number of anilines is 1. The maximum atomic E-state index is 12.4. The van der Waals surface area contributed by atoms with Crippen LogP contribution in [0.3, 0.4) is 0 Å². The van der Waals surface area contributed by atoms with Crippen molar-refractivity contribution in [2.45, 2.75) is 12.8 Å². The molecular formula is C14H13N3O2S. The second kappa shape index (κ2) is 5.19. The number of amides is 1. The summed E-state index contributed by atoms with van der Waals surface area (Å²) in [6, 6.07) is 9.85. The van der Waals surface area contributed by atoms with Gasteiger partial charge in [-0.3, -0.25) is 4.79 Å². The summed E-state index contributed by atoms with van der Waals surface area (Å²) in [7, 11) is 0. The highest BCUT2D eigenvalue weighted by molar-refractivity contribution is 7.22. The van der Waals surface area contributed by atoms with Crippen molar-refractivity contribution < 1.29 is 9.53 Å². The highest BCUT2D eigenvalue weighted by atomic mass is 32.1. The van der Waals surface area contributed by atoms with Crippen LogP contribution >= 0.6 is 11.3 Å². The SMILES string of the molecule is N#CC1(C(=O)Nc2nc3ccccc3s2)CCOCC1. The Morgan fingerprint density at radius 1 is 1.40 bits per heavy atom. The highest BCUT2D eigenvalue weighted by Crippen LogP contribution is 2.33. The first-order valence-corrected chi connectivity index (χ1v) is 7.21. The van der Waals surface area contributed by atoms with E-state index in [0.717, 1.165) is 10.2 Å². The number of ether oxygens (including phenoxy) is 1. The lowest BCUT2D eigenvalue weighted by Gasteiger charge is -2.28. The Labute approximate surface area is 120 Å². The minimum Gasteiger partial charge on any atom is -0.381 e. The molecule has 0 atom stereocenters. The number of rotatable bonds is 2. The topological polar surface area (TPSA) is 75.0 Å². The molecule has 1 aliphatic rings. The molecule has 3 rings (SSSR count). The third kappa shape index (κ3) is 2.26. The second-order valence-electron chi connectivity index (χ2n) is 4.75. The first-order valence-electron chi connectivity index (χ1n) is 6.40. The molecule has 2 heterocycles. The van der Waals surface area contributed by atoms with Gasteiger partial charge in [0.15, 0.2) is 5.13 Å². The molecule has 0 radical (unpaired) electrons. The summed E-state index contributed by atoms with van der Waals surface area (Å²) in [5, 5.41) is 12.7. The highest BCUT2D eigenvalue weighted by Gasteiger charge is 2.40. The summed E-state index contributed by atoms with van der Waals surface area (Å²) >= 11 is 1.42. The van der Waals surface area contributed by atoms with Gasteiger partial charge in [-0.05, 0) is 25.0 Å². The predicted octanol–water partition coefficient (Wildman–Crippen LogP) is 2.56. The number of para-hydroxylation sites is 1. The zero-order valence-electron chi connectivity index (χ0n) is 10.8. The van der Waals surface area contributed by atoms with Gasteiger partial charge in [0, 0.05) is 13.2 Å². The van der Waals surface area contributed by atoms with Crippen LogP contribution in [0.5, 0.6) is 0 Å². The van der Waals surface area contributed by atoms with Crippen LogP contribution in [0.2, 0.25) is 0 Å². The van der Waals surface area contributed by atoms with Crippen LogP contribution < -0.4 is 5.32 Å². The van der Waals surface area contributed by atoms with E-state index in [4.69, 9.17) is 4.74 Å². The summed E-state index contributed by atoms with van der Waals surface area (Å²) in [6.07, 6.45) is 0.862. The number of carbonyl (C=O) groups is 1. The average molecular weight is 287 g/mol. The molecule has 1 N–H and O–H groups in total. The first kappa shape index (κ1) is 13.0. The number of carbonyl (C=O) groups excluding carboxylic acids is 1. The number of hydrogen-bond donors (Lipinski definition) is 1. The molecule has 1 saturated heterocycles. The minimum atomic E-state index is -0.990. The van der Waals surface area contributed by atoms with Gasteiger partial charge in [0.1, 0.15) is 5.41 Å². The molecule has 20 heavy (non-hydrogen) atoms. The molecule has 0 saturated carbocycles. The largest absolute Gasteiger partial charge is 0.381 e. The molecule has 2 aromatic rings. The van der Waals surface area contributed by atoms with Crippen LogP contribution in [0, 0.1) is 16.7 Å². The molecule has 5 nitrogen and oxygen atoms in total. The summed E-state index contributed by atoms with van der Waals surface area (Å²) < 4.78 is 6.25. The molecule has 1 amide bonds. The standard InChI is InChI=1S/C14H13N3O2S/c15-9-14(5-7-19-8-6-14)12(18)17-13-16-10-3-1-2-4-11(10)20-13/h1-4H,5-8H2,(H,16,17,18). The predicted molar refractivity (Wildman–Crippen MR) is 76.3 cm³/mol. The number of aromatic nitrogens is 1. The Hall–Kier alpha value is -1.97. The van der Waals surface area contributed by atoms with Crippen molar-refractivity contribution in [3.8, 4) is 6.07 Å². The van der Waals surface area contributed by atoms with Gasteiger partial charge >= 0.3 is 0 Å². The second-order valence-corrected chi connectivity index (χ2v) is 5.78. The quantitative estimate of drug-likeness (QED) is 0.921. The van der Waals surface area contributed by atoms with E-state index in [2.05, 4.69) is 16.4 Å². The molecule has 0 aliphatic carbocycles. The maximum absolute atomic E-state index is 12.4. The van der Waals surface area contributed by atoms with Crippen molar-refractivity contribution in [3.63, 3.8) is 0 Å². The number of nitrogens with one attached hydrogen (secondary N) is 1. The third-order valence-electron chi connectivity index (χ3n) is 3.51. The first-order chi connectivity index (χ1) is 9.73. The fraction of sp³-hybridized carbons (Fsp3) is 0.357. The van der Waals surface area contributed by atoms with Gasteiger partial charge in [0.05, 0.1) is 16.3 Å². The molecule has 0 spiro atoms. The molecule has 0 unspecified atom stereocenters. The Morgan fingerprint density at radius 3 is 2.85 bits per heavy atom. The van der Waals surface area contributed by atoms with Crippen molar-refractivity contribution in [3.05, 3.63) is 24.3 Å². The number of thiazole rings is 1. The lowest BCUT2D eigenvalue weighted by atomic mass is 9.81. The molecule has 6 heteroatoms. The van der Waals surface area contributed by atoms with E-state index in [0.29, 0.717) is 31.2 Å².